The number of esters is 2. The van der Waals surface area contributed by atoms with Gasteiger partial charge >= 0.3 is 11.9 Å². The molecule has 1 heterocycles. The zero-order valence-electron chi connectivity index (χ0n) is 11.0. The van der Waals surface area contributed by atoms with Crippen molar-refractivity contribution in [1.29, 1.82) is 0 Å². The van der Waals surface area contributed by atoms with Crippen LogP contribution in [0.4, 0.5) is 0 Å². The molecule has 0 aliphatic rings. The fourth-order valence-electron chi connectivity index (χ4n) is 1.76. The number of hydrogen-bond donors (Lipinski definition) is 0. The highest BCUT2D eigenvalue weighted by Crippen LogP contribution is 2.21. The highest BCUT2D eigenvalue weighted by Gasteiger charge is 2.35. The van der Waals surface area contributed by atoms with Gasteiger partial charge in [-0.2, -0.15) is 0 Å². The van der Waals surface area contributed by atoms with Gasteiger partial charge in [-0.1, -0.05) is 6.92 Å². The predicted molar refractivity (Wildman–Crippen MR) is 64.3 cm³/mol. The van der Waals surface area contributed by atoms with Crippen LogP contribution in [0.1, 0.15) is 23.9 Å². The number of rotatable bonds is 6. The van der Waals surface area contributed by atoms with Crippen molar-refractivity contribution < 1.29 is 28.3 Å². The Morgan fingerprint density at radius 3 is 2.21 bits per heavy atom. The third-order valence-corrected chi connectivity index (χ3v) is 2.78. The Labute approximate surface area is 110 Å². The van der Waals surface area contributed by atoms with E-state index in [-0.39, 0.29) is 18.0 Å². The van der Waals surface area contributed by atoms with Gasteiger partial charge in [-0.15, -0.1) is 0 Å². The van der Waals surface area contributed by atoms with E-state index in [0.717, 1.165) is 0 Å². The van der Waals surface area contributed by atoms with Crippen LogP contribution in [-0.4, -0.2) is 31.9 Å². The van der Waals surface area contributed by atoms with E-state index in [1.807, 2.05) is 0 Å². The second-order valence-electron chi connectivity index (χ2n) is 4.11. The minimum Gasteiger partial charge on any atom is -0.468 e. The van der Waals surface area contributed by atoms with Gasteiger partial charge in [-0.25, -0.2) is 0 Å². The van der Waals surface area contributed by atoms with Gasteiger partial charge < -0.3 is 13.9 Å². The molecule has 1 unspecified atom stereocenters. The summed E-state index contributed by atoms with van der Waals surface area (Å²) >= 11 is 0. The van der Waals surface area contributed by atoms with Crippen molar-refractivity contribution in [2.24, 2.45) is 11.8 Å². The Bertz CT molecular complexity index is 432. The molecule has 0 saturated heterocycles. The molecule has 1 aromatic heterocycles. The molecule has 0 aromatic carbocycles. The van der Waals surface area contributed by atoms with Crippen molar-refractivity contribution in [2.75, 3.05) is 14.2 Å². The van der Waals surface area contributed by atoms with Crippen LogP contribution >= 0.6 is 0 Å². The molecule has 0 spiro atoms. The quantitative estimate of drug-likeness (QED) is 0.441. The van der Waals surface area contributed by atoms with Gasteiger partial charge in [0.15, 0.2) is 17.5 Å². The molecule has 104 valence electrons. The zero-order valence-corrected chi connectivity index (χ0v) is 11.0. The van der Waals surface area contributed by atoms with E-state index in [1.165, 1.54) is 26.5 Å². The highest BCUT2D eigenvalue weighted by atomic mass is 16.5. The average molecular weight is 268 g/mol. The smallest absolute Gasteiger partial charge is 0.320 e. The minimum absolute atomic E-state index is 0.0115. The fraction of sp³-hybridized carbons (Fsp3) is 0.462. The van der Waals surface area contributed by atoms with Crippen LogP contribution in [-0.2, 0) is 19.1 Å². The summed E-state index contributed by atoms with van der Waals surface area (Å²) in [5, 5.41) is 0. The van der Waals surface area contributed by atoms with Gasteiger partial charge in [-0.05, 0) is 18.1 Å². The Balaban J connectivity index is 2.77. The largest absolute Gasteiger partial charge is 0.468 e. The summed E-state index contributed by atoms with van der Waals surface area (Å²) in [4.78, 5) is 35.0. The van der Waals surface area contributed by atoms with Crippen molar-refractivity contribution >= 4 is 17.7 Å². The first-order chi connectivity index (χ1) is 9.01. The topological polar surface area (TPSA) is 82.8 Å². The summed E-state index contributed by atoms with van der Waals surface area (Å²) in [5.41, 5.74) is 0. The van der Waals surface area contributed by atoms with Gasteiger partial charge in [-0.3, -0.25) is 14.4 Å². The summed E-state index contributed by atoms with van der Waals surface area (Å²) in [5.74, 6) is -3.18. The van der Waals surface area contributed by atoms with E-state index in [0.29, 0.717) is 0 Å². The summed E-state index contributed by atoms with van der Waals surface area (Å²) in [6.07, 6.45) is 1.37. The maximum Gasteiger partial charge on any atom is 0.320 e. The summed E-state index contributed by atoms with van der Waals surface area (Å²) in [6, 6.07) is 3.12. The molecule has 0 aliphatic heterocycles. The Hall–Kier alpha value is -2.11. The molecular weight excluding hydrogens is 252 g/mol. The van der Waals surface area contributed by atoms with E-state index < -0.39 is 23.8 Å². The number of hydrogen-bond acceptors (Lipinski definition) is 6. The first kappa shape index (κ1) is 14.9. The number of furan rings is 1. The molecule has 0 fully saturated rings. The van der Waals surface area contributed by atoms with Crippen molar-refractivity contribution in [3.63, 3.8) is 0 Å². The lowest BCUT2D eigenvalue weighted by molar-refractivity contribution is -0.161. The second-order valence-corrected chi connectivity index (χ2v) is 4.11. The molecule has 0 bridgehead atoms. The number of carbonyl (C=O) groups is 3. The number of ketones is 1. The molecule has 0 radical (unpaired) electrons. The molecule has 19 heavy (non-hydrogen) atoms. The summed E-state index contributed by atoms with van der Waals surface area (Å²) in [7, 11) is 2.36. The number of methoxy groups -OCH3 is 2. The fourth-order valence-corrected chi connectivity index (χ4v) is 1.76. The second kappa shape index (κ2) is 6.72. The van der Waals surface area contributed by atoms with Crippen molar-refractivity contribution in [1.82, 2.24) is 0 Å². The Morgan fingerprint density at radius 1 is 1.21 bits per heavy atom. The molecule has 0 saturated carbocycles. The first-order valence-electron chi connectivity index (χ1n) is 5.73. The lowest BCUT2D eigenvalue weighted by atomic mass is 9.89. The monoisotopic (exact) mass is 268 g/mol. The zero-order chi connectivity index (χ0) is 14.4. The van der Waals surface area contributed by atoms with Crippen LogP contribution in [0.5, 0.6) is 0 Å². The lowest BCUT2D eigenvalue weighted by Crippen LogP contribution is -2.33. The van der Waals surface area contributed by atoms with Crippen LogP contribution in [0.15, 0.2) is 22.8 Å². The molecule has 6 heteroatoms. The molecule has 1 atom stereocenters. The van der Waals surface area contributed by atoms with E-state index >= 15 is 0 Å². The normalized spacial score (nSPS) is 12.0. The Kier molecular flexibility index (Phi) is 5.29. The van der Waals surface area contributed by atoms with Gasteiger partial charge in [0.1, 0.15) is 0 Å². The van der Waals surface area contributed by atoms with E-state index in [2.05, 4.69) is 9.47 Å². The first-order valence-corrected chi connectivity index (χ1v) is 5.73. The van der Waals surface area contributed by atoms with Crippen LogP contribution in [0.2, 0.25) is 0 Å². The van der Waals surface area contributed by atoms with Crippen molar-refractivity contribution in [2.45, 2.75) is 13.3 Å². The maximum absolute atomic E-state index is 11.8. The standard InChI is InChI=1S/C13H16O6/c1-8(7-9(14)10-5-4-6-19-10)11(12(15)17-2)13(16)18-3/h4-6,8,11H,7H2,1-3H3. The third-order valence-electron chi connectivity index (χ3n) is 2.78. The molecule has 0 N–H and O–H groups in total. The summed E-state index contributed by atoms with van der Waals surface area (Å²) in [6.45, 7) is 1.61. The SMILES string of the molecule is COC(=O)C(C(=O)OC)C(C)CC(=O)c1ccco1. The lowest BCUT2D eigenvalue weighted by Gasteiger charge is -2.18. The molecule has 0 amide bonds. The number of carbonyl (C=O) groups excluding carboxylic acids is 3. The molecule has 1 rings (SSSR count). The van der Waals surface area contributed by atoms with Gasteiger partial charge in [0.05, 0.1) is 20.5 Å². The molecule has 1 aromatic rings. The van der Waals surface area contributed by atoms with Crippen LogP contribution in [0.25, 0.3) is 0 Å². The van der Waals surface area contributed by atoms with E-state index in [9.17, 15) is 14.4 Å². The van der Waals surface area contributed by atoms with Gasteiger partial charge in [0.2, 0.25) is 0 Å². The van der Waals surface area contributed by atoms with Crippen molar-refractivity contribution in [3.8, 4) is 0 Å². The highest BCUT2D eigenvalue weighted by molar-refractivity contribution is 5.97. The molecule has 0 aliphatic carbocycles. The van der Waals surface area contributed by atoms with E-state index in [1.54, 1.807) is 13.0 Å². The van der Waals surface area contributed by atoms with E-state index in [4.69, 9.17) is 4.42 Å². The number of ether oxygens (including phenoxy) is 2. The number of Topliss-reactive ketones (excluding diaryl/α,β-unsaturated/α-hetero) is 1. The predicted octanol–water partition coefficient (Wildman–Crippen LogP) is 1.45. The average Bonchev–Trinajstić information content (AvgIpc) is 2.92. The van der Waals surface area contributed by atoms with Crippen LogP contribution in [0, 0.1) is 11.8 Å². The van der Waals surface area contributed by atoms with Gasteiger partial charge in [0.25, 0.3) is 0 Å². The van der Waals surface area contributed by atoms with Gasteiger partial charge in [0, 0.05) is 6.42 Å². The van der Waals surface area contributed by atoms with Crippen LogP contribution in [0.3, 0.4) is 0 Å². The maximum atomic E-state index is 11.8. The van der Waals surface area contributed by atoms with Crippen LogP contribution < -0.4 is 0 Å². The Morgan fingerprint density at radius 2 is 1.79 bits per heavy atom. The third kappa shape index (κ3) is 3.67. The summed E-state index contributed by atoms with van der Waals surface area (Å²) < 4.78 is 14.1. The molecular formula is C13H16O6. The minimum atomic E-state index is -1.12. The van der Waals surface area contributed by atoms with Crippen molar-refractivity contribution in [3.05, 3.63) is 24.2 Å². The molecule has 6 nitrogen and oxygen atoms in total.